The molecule has 1 atom stereocenters. The van der Waals surface area contributed by atoms with Crippen molar-refractivity contribution in [2.75, 3.05) is 0 Å². The van der Waals surface area contributed by atoms with E-state index in [4.69, 9.17) is 0 Å². The van der Waals surface area contributed by atoms with Gasteiger partial charge in [0.2, 0.25) is 10.0 Å². The van der Waals surface area contributed by atoms with Gasteiger partial charge in [-0.15, -0.1) is 0 Å². The standard InChI is InChI=1S/C20H18FNO2S/c1-15-7-9-17(10-8-15)20(16-5-3-2-4-6-16)22-25(23,24)19-13-11-18(21)12-14-19/h2-14,20,22H,1H3. The summed E-state index contributed by atoms with van der Waals surface area (Å²) in [7, 11) is -3.80. The fourth-order valence-corrected chi connectivity index (χ4v) is 3.78. The highest BCUT2D eigenvalue weighted by atomic mass is 32.2. The van der Waals surface area contributed by atoms with Crippen LogP contribution in [0.2, 0.25) is 0 Å². The molecular weight excluding hydrogens is 337 g/mol. The van der Waals surface area contributed by atoms with Crippen LogP contribution in [0.4, 0.5) is 4.39 Å². The molecule has 0 saturated carbocycles. The molecule has 0 bridgehead atoms. The normalized spacial score (nSPS) is 12.7. The van der Waals surface area contributed by atoms with Crippen LogP contribution in [0.3, 0.4) is 0 Å². The van der Waals surface area contributed by atoms with Crippen molar-refractivity contribution in [1.29, 1.82) is 0 Å². The molecule has 0 saturated heterocycles. The van der Waals surface area contributed by atoms with E-state index >= 15 is 0 Å². The molecule has 3 rings (SSSR count). The number of benzene rings is 3. The van der Waals surface area contributed by atoms with E-state index in [2.05, 4.69) is 4.72 Å². The first-order valence-corrected chi connectivity index (χ1v) is 9.33. The lowest BCUT2D eigenvalue weighted by atomic mass is 9.99. The molecule has 128 valence electrons. The Bertz CT molecular complexity index is 937. The van der Waals surface area contributed by atoms with E-state index in [-0.39, 0.29) is 4.90 Å². The van der Waals surface area contributed by atoms with Crippen LogP contribution in [0.25, 0.3) is 0 Å². The Hall–Kier alpha value is -2.50. The van der Waals surface area contributed by atoms with Gasteiger partial charge in [0.1, 0.15) is 5.82 Å². The maximum Gasteiger partial charge on any atom is 0.241 e. The number of halogens is 1. The molecule has 0 radical (unpaired) electrons. The van der Waals surface area contributed by atoms with Crippen LogP contribution in [0.15, 0.2) is 83.8 Å². The lowest BCUT2D eigenvalue weighted by Crippen LogP contribution is -2.29. The zero-order valence-corrected chi connectivity index (χ0v) is 14.5. The summed E-state index contributed by atoms with van der Waals surface area (Å²) < 4.78 is 41.3. The molecule has 3 aromatic carbocycles. The number of hydrogen-bond donors (Lipinski definition) is 1. The maximum absolute atomic E-state index is 13.1. The minimum atomic E-state index is -3.80. The molecule has 0 amide bonds. The highest BCUT2D eigenvalue weighted by Crippen LogP contribution is 2.25. The second-order valence-electron chi connectivity index (χ2n) is 5.83. The average Bonchev–Trinajstić information content (AvgIpc) is 2.62. The first-order chi connectivity index (χ1) is 12.0. The Morgan fingerprint density at radius 3 is 1.96 bits per heavy atom. The van der Waals surface area contributed by atoms with Crippen LogP contribution < -0.4 is 4.72 Å². The molecule has 3 nitrogen and oxygen atoms in total. The first kappa shape index (κ1) is 17.3. The van der Waals surface area contributed by atoms with Gasteiger partial charge >= 0.3 is 0 Å². The van der Waals surface area contributed by atoms with Crippen molar-refractivity contribution in [3.63, 3.8) is 0 Å². The van der Waals surface area contributed by atoms with Gasteiger partial charge in [-0.1, -0.05) is 60.2 Å². The average molecular weight is 355 g/mol. The Morgan fingerprint density at radius 1 is 0.800 bits per heavy atom. The zero-order chi connectivity index (χ0) is 17.9. The predicted molar refractivity (Wildman–Crippen MR) is 96.2 cm³/mol. The molecule has 1 unspecified atom stereocenters. The van der Waals surface area contributed by atoms with Crippen molar-refractivity contribution in [1.82, 2.24) is 4.72 Å². The summed E-state index contributed by atoms with van der Waals surface area (Å²) in [5.41, 5.74) is 2.76. The summed E-state index contributed by atoms with van der Waals surface area (Å²) >= 11 is 0. The molecule has 5 heteroatoms. The van der Waals surface area contributed by atoms with Crippen LogP contribution >= 0.6 is 0 Å². The van der Waals surface area contributed by atoms with E-state index in [1.54, 1.807) is 0 Å². The SMILES string of the molecule is Cc1ccc(C(NS(=O)(=O)c2ccc(F)cc2)c2ccccc2)cc1. The number of rotatable bonds is 5. The van der Waals surface area contributed by atoms with Gasteiger partial charge in [0.05, 0.1) is 10.9 Å². The van der Waals surface area contributed by atoms with Crippen LogP contribution in [-0.2, 0) is 10.0 Å². The lowest BCUT2D eigenvalue weighted by Gasteiger charge is -2.20. The maximum atomic E-state index is 13.1. The molecule has 0 fully saturated rings. The van der Waals surface area contributed by atoms with E-state index in [1.807, 2.05) is 61.5 Å². The van der Waals surface area contributed by atoms with Crippen LogP contribution in [0, 0.1) is 12.7 Å². The van der Waals surface area contributed by atoms with Crippen molar-refractivity contribution in [2.24, 2.45) is 0 Å². The number of nitrogens with one attached hydrogen (secondary N) is 1. The molecule has 3 aromatic rings. The van der Waals surface area contributed by atoms with Crippen molar-refractivity contribution >= 4 is 10.0 Å². The minimum Gasteiger partial charge on any atom is -0.207 e. The van der Waals surface area contributed by atoms with Gasteiger partial charge in [0, 0.05) is 0 Å². The molecule has 0 aromatic heterocycles. The van der Waals surface area contributed by atoms with Gasteiger partial charge in [-0.3, -0.25) is 0 Å². The Kier molecular flexibility index (Phi) is 4.97. The molecule has 0 spiro atoms. The third kappa shape index (κ3) is 4.13. The fourth-order valence-electron chi connectivity index (χ4n) is 2.57. The van der Waals surface area contributed by atoms with Gasteiger partial charge in [0.25, 0.3) is 0 Å². The Balaban J connectivity index is 2.00. The second-order valence-corrected chi connectivity index (χ2v) is 7.54. The third-order valence-electron chi connectivity index (χ3n) is 3.94. The summed E-state index contributed by atoms with van der Waals surface area (Å²) in [6, 6.07) is 21.3. The summed E-state index contributed by atoms with van der Waals surface area (Å²) in [6.45, 7) is 1.98. The van der Waals surface area contributed by atoms with Gasteiger partial charge in [0.15, 0.2) is 0 Å². The molecule has 0 heterocycles. The number of sulfonamides is 1. The molecule has 0 aliphatic rings. The summed E-state index contributed by atoms with van der Waals surface area (Å²) in [5, 5.41) is 0. The smallest absolute Gasteiger partial charge is 0.207 e. The zero-order valence-electron chi connectivity index (χ0n) is 13.7. The van der Waals surface area contributed by atoms with Gasteiger partial charge in [-0.2, -0.15) is 4.72 Å². The third-order valence-corrected chi connectivity index (χ3v) is 5.38. The van der Waals surface area contributed by atoms with E-state index in [9.17, 15) is 12.8 Å². The first-order valence-electron chi connectivity index (χ1n) is 7.85. The molecule has 25 heavy (non-hydrogen) atoms. The lowest BCUT2D eigenvalue weighted by molar-refractivity contribution is 0.571. The fraction of sp³-hybridized carbons (Fsp3) is 0.100. The van der Waals surface area contributed by atoms with Crippen molar-refractivity contribution in [3.8, 4) is 0 Å². The topological polar surface area (TPSA) is 46.2 Å². The molecule has 0 aliphatic carbocycles. The monoisotopic (exact) mass is 355 g/mol. The van der Waals surface area contributed by atoms with Crippen LogP contribution in [0.5, 0.6) is 0 Å². The van der Waals surface area contributed by atoms with E-state index in [0.29, 0.717) is 0 Å². The van der Waals surface area contributed by atoms with E-state index in [0.717, 1.165) is 28.8 Å². The quantitative estimate of drug-likeness (QED) is 0.745. The number of hydrogen-bond acceptors (Lipinski definition) is 2. The van der Waals surface area contributed by atoms with Gasteiger partial charge in [-0.05, 0) is 42.3 Å². The highest BCUT2D eigenvalue weighted by molar-refractivity contribution is 7.89. The van der Waals surface area contributed by atoms with Crippen molar-refractivity contribution in [2.45, 2.75) is 17.9 Å². The molecular formula is C20H18FNO2S. The minimum absolute atomic E-state index is 0.0296. The molecule has 1 N–H and O–H groups in total. The van der Waals surface area contributed by atoms with Crippen LogP contribution in [0.1, 0.15) is 22.7 Å². The van der Waals surface area contributed by atoms with E-state index < -0.39 is 21.9 Å². The highest BCUT2D eigenvalue weighted by Gasteiger charge is 2.22. The Morgan fingerprint density at radius 2 is 1.36 bits per heavy atom. The summed E-state index contributed by atoms with van der Waals surface area (Å²) in [5.74, 6) is -0.475. The van der Waals surface area contributed by atoms with Crippen molar-refractivity contribution < 1.29 is 12.8 Å². The second kappa shape index (κ2) is 7.17. The van der Waals surface area contributed by atoms with Gasteiger partial charge < -0.3 is 0 Å². The molecule has 0 aliphatic heterocycles. The largest absolute Gasteiger partial charge is 0.241 e. The number of aryl methyl sites for hydroxylation is 1. The van der Waals surface area contributed by atoms with Gasteiger partial charge in [-0.25, -0.2) is 12.8 Å². The predicted octanol–water partition coefficient (Wildman–Crippen LogP) is 4.20. The van der Waals surface area contributed by atoms with Crippen molar-refractivity contribution in [3.05, 3.63) is 101 Å². The Labute approximate surface area is 147 Å². The summed E-state index contributed by atoms with van der Waals surface area (Å²) in [6.07, 6.45) is 0. The van der Waals surface area contributed by atoms with E-state index in [1.165, 1.54) is 12.1 Å². The summed E-state index contributed by atoms with van der Waals surface area (Å²) in [4.78, 5) is 0.0296. The van der Waals surface area contributed by atoms with Crippen LogP contribution in [-0.4, -0.2) is 8.42 Å².